The van der Waals surface area contributed by atoms with Gasteiger partial charge in [0.05, 0.1) is 11.6 Å². The lowest BCUT2D eigenvalue weighted by molar-refractivity contribution is 0.825. The van der Waals surface area contributed by atoms with Crippen molar-refractivity contribution in [2.75, 3.05) is 12.5 Å². The van der Waals surface area contributed by atoms with E-state index in [1.54, 1.807) is 23.5 Å². The molecule has 2 aromatic heterocycles. The van der Waals surface area contributed by atoms with Gasteiger partial charge in [-0.25, -0.2) is 0 Å². The highest BCUT2D eigenvalue weighted by atomic mass is 32.2. The van der Waals surface area contributed by atoms with Gasteiger partial charge in [-0.2, -0.15) is 5.26 Å². The van der Waals surface area contributed by atoms with Crippen LogP contribution in [0.25, 0.3) is 21.8 Å². The Balaban J connectivity index is 0.000000159. The van der Waals surface area contributed by atoms with E-state index in [2.05, 4.69) is 78.4 Å². The number of hydrogen-bond donors (Lipinski definition) is 1. The normalized spacial score (nSPS) is 10.6. The van der Waals surface area contributed by atoms with Crippen molar-refractivity contribution >= 4 is 45.3 Å². The lowest BCUT2D eigenvalue weighted by atomic mass is 10.2. The largest absolute Gasteiger partial charge is 0.358 e. The standard InChI is InChI=1S/C12H12N2S.C10H11NS/c1-9-12(15-2)10-5-3-4-6-11(10)14(9)8-7-13;1-7-10(12-2)8-5-3-4-6-9(8)11-7/h3-6H,8H2,1-2H3;3-6,11H,1-2H3. The number of nitrogens with one attached hydrogen (secondary N) is 1. The quantitative estimate of drug-likeness (QED) is 0.410. The van der Waals surface area contributed by atoms with Gasteiger partial charge < -0.3 is 9.55 Å². The molecule has 0 atom stereocenters. The zero-order valence-corrected chi connectivity index (χ0v) is 17.7. The van der Waals surface area contributed by atoms with Crippen LogP contribution in [0.2, 0.25) is 0 Å². The average Bonchev–Trinajstić information content (AvgIpc) is 3.15. The smallest absolute Gasteiger partial charge is 0.110 e. The molecule has 0 amide bonds. The maximum absolute atomic E-state index is 8.81. The van der Waals surface area contributed by atoms with Gasteiger partial charge in [-0.3, -0.25) is 0 Å². The lowest BCUT2D eigenvalue weighted by Crippen LogP contribution is -1.97. The summed E-state index contributed by atoms with van der Waals surface area (Å²) < 4.78 is 2.07. The van der Waals surface area contributed by atoms with Gasteiger partial charge in [-0.1, -0.05) is 36.4 Å². The van der Waals surface area contributed by atoms with Gasteiger partial charge in [0.2, 0.25) is 0 Å². The second kappa shape index (κ2) is 8.60. The molecule has 1 N–H and O–H groups in total. The van der Waals surface area contributed by atoms with Crippen molar-refractivity contribution in [1.29, 1.82) is 5.26 Å². The van der Waals surface area contributed by atoms with E-state index >= 15 is 0 Å². The third-order valence-electron chi connectivity index (χ3n) is 4.64. The number of para-hydroxylation sites is 2. The topological polar surface area (TPSA) is 44.5 Å². The summed E-state index contributed by atoms with van der Waals surface area (Å²) in [4.78, 5) is 6.00. The molecule has 0 saturated heterocycles. The van der Waals surface area contributed by atoms with Crippen molar-refractivity contribution < 1.29 is 0 Å². The highest BCUT2D eigenvalue weighted by Crippen LogP contribution is 2.32. The minimum absolute atomic E-state index is 0.424. The molecule has 138 valence electrons. The molecular weight excluding hydrogens is 370 g/mol. The molecule has 0 unspecified atom stereocenters. The molecule has 0 radical (unpaired) electrons. The molecule has 0 aliphatic rings. The number of nitrogens with zero attached hydrogens (tertiary/aromatic N) is 2. The maximum Gasteiger partial charge on any atom is 0.110 e. The number of benzene rings is 2. The Morgan fingerprint density at radius 2 is 1.56 bits per heavy atom. The minimum Gasteiger partial charge on any atom is -0.358 e. The second-order valence-corrected chi connectivity index (χ2v) is 7.84. The molecule has 2 aromatic carbocycles. The maximum atomic E-state index is 8.81. The SMILES string of the molecule is CSc1c(C)[nH]c2ccccc12.CSc1c(C)n(CC#N)c2ccccc12. The van der Waals surface area contributed by atoms with Crippen LogP contribution < -0.4 is 0 Å². The Labute approximate surface area is 168 Å². The van der Waals surface area contributed by atoms with Crippen LogP contribution in [0.4, 0.5) is 0 Å². The van der Waals surface area contributed by atoms with E-state index in [1.807, 2.05) is 12.1 Å². The number of fused-ring (bicyclic) bond motifs is 2. The first kappa shape index (κ1) is 19.5. The summed E-state index contributed by atoms with van der Waals surface area (Å²) in [7, 11) is 0. The highest BCUT2D eigenvalue weighted by molar-refractivity contribution is 7.99. The third-order valence-corrected chi connectivity index (χ3v) is 6.50. The summed E-state index contributed by atoms with van der Waals surface area (Å²) in [6.45, 7) is 4.61. The Kier molecular flexibility index (Phi) is 6.20. The summed E-state index contributed by atoms with van der Waals surface area (Å²) in [6, 6.07) is 18.9. The highest BCUT2D eigenvalue weighted by Gasteiger charge is 2.11. The Morgan fingerprint density at radius 3 is 2.22 bits per heavy atom. The fourth-order valence-corrected chi connectivity index (χ4v) is 5.00. The first-order valence-corrected chi connectivity index (χ1v) is 11.2. The number of aryl methyl sites for hydroxylation is 1. The number of nitriles is 1. The molecule has 3 nitrogen and oxygen atoms in total. The van der Waals surface area contributed by atoms with E-state index in [1.165, 1.54) is 37.5 Å². The number of H-pyrrole nitrogens is 1. The molecule has 0 aliphatic heterocycles. The number of hydrogen-bond acceptors (Lipinski definition) is 3. The molecule has 0 spiro atoms. The van der Waals surface area contributed by atoms with E-state index in [9.17, 15) is 0 Å². The minimum atomic E-state index is 0.424. The van der Waals surface area contributed by atoms with Crippen LogP contribution in [-0.4, -0.2) is 22.1 Å². The first-order valence-electron chi connectivity index (χ1n) is 8.72. The van der Waals surface area contributed by atoms with Gasteiger partial charge in [-0.15, -0.1) is 23.5 Å². The molecular formula is C22H23N3S2. The Hall–Kier alpha value is -2.29. The molecule has 5 heteroatoms. The van der Waals surface area contributed by atoms with Crippen LogP contribution in [0.5, 0.6) is 0 Å². The number of aromatic nitrogens is 2. The lowest BCUT2D eigenvalue weighted by Gasteiger charge is -2.01. The van der Waals surface area contributed by atoms with Crippen molar-refractivity contribution in [1.82, 2.24) is 9.55 Å². The zero-order chi connectivity index (χ0) is 19.4. The molecule has 27 heavy (non-hydrogen) atoms. The first-order chi connectivity index (χ1) is 13.1. The van der Waals surface area contributed by atoms with Gasteiger partial charge in [-0.05, 0) is 38.5 Å². The van der Waals surface area contributed by atoms with Crippen LogP contribution in [0.3, 0.4) is 0 Å². The molecule has 0 fully saturated rings. The van der Waals surface area contributed by atoms with Crippen LogP contribution in [0.1, 0.15) is 11.4 Å². The van der Waals surface area contributed by atoms with Gasteiger partial charge in [0.1, 0.15) is 6.54 Å². The van der Waals surface area contributed by atoms with Crippen molar-refractivity contribution in [3.05, 3.63) is 59.9 Å². The number of thioether (sulfide) groups is 2. The molecule has 0 aliphatic carbocycles. The second-order valence-electron chi connectivity index (χ2n) is 6.21. The predicted octanol–water partition coefficient (Wildman–Crippen LogP) is 6.39. The van der Waals surface area contributed by atoms with Gasteiger partial charge in [0, 0.05) is 37.5 Å². The summed E-state index contributed by atoms with van der Waals surface area (Å²) in [5.41, 5.74) is 4.84. The van der Waals surface area contributed by atoms with Crippen LogP contribution in [-0.2, 0) is 6.54 Å². The summed E-state index contributed by atoms with van der Waals surface area (Å²) >= 11 is 3.54. The molecule has 4 aromatic rings. The van der Waals surface area contributed by atoms with E-state index in [0.717, 1.165) is 5.52 Å². The van der Waals surface area contributed by atoms with Crippen LogP contribution >= 0.6 is 23.5 Å². The summed E-state index contributed by atoms with van der Waals surface area (Å²) in [6.07, 6.45) is 4.19. The van der Waals surface area contributed by atoms with Crippen molar-refractivity contribution in [3.63, 3.8) is 0 Å². The summed E-state index contributed by atoms with van der Waals surface area (Å²) in [5.74, 6) is 0. The van der Waals surface area contributed by atoms with Crippen molar-refractivity contribution in [3.8, 4) is 6.07 Å². The molecule has 0 bridgehead atoms. The Morgan fingerprint density at radius 1 is 0.926 bits per heavy atom. The van der Waals surface area contributed by atoms with Crippen LogP contribution in [0, 0.1) is 25.2 Å². The fourth-order valence-electron chi connectivity index (χ4n) is 3.45. The van der Waals surface area contributed by atoms with Crippen molar-refractivity contribution in [2.24, 2.45) is 0 Å². The van der Waals surface area contributed by atoms with Crippen molar-refractivity contribution in [2.45, 2.75) is 30.2 Å². The predicted molar refractivity (Wildman–Crippen MR) is 119 cm³/mol. The fraction of sp³-hybridized carbons (Fsp3) is 0.227. The monoisotopic (exact) mass is 393 g/mol. The van der Waals surface area contributed by atoms with E-state index in [-0.39, 0.29) is 0 Å². The molecule has 4 rings (SSSR count). The van der Waals surface area contributed by atoms with E-state index in [0.29, 0.717) is 6.54 Å². The third kappa shape index (κ3) is 3.73. The molecule has 2 heterocycles. The molecule has 0 saturated carbocycles. The number of rotatable bonds is 3. The van der Waals surface area contributed by atoms with Gasteiger partial charge in [0.25, 0.3) is 0 Å². The summed E-state index contributed by atoms with van der Waals surface area (Å²) in [5, 5.41) is 11.4. The van der Waals surface area contributed by atoms with E-state index in [4.69, 9.17) is 5.26 Å². The average molecular weight is 394 g/mol. The zero-order valence-electron chi connectivity index (χ0n) is 16.0. The number of aromatic amines is 1. The van der Waals surface area contributed by atoms with Crippen LogP contribution in [0.15, 0.2) is 58.3 Å². The Bertz CT molecular complexity index is 1120. The van der Waals surface area contributed by atoms with Gasteiger partial charge >= 0.3 is 0 Å². The van der Waals surface area contributed by atoms with Gasteiger partial charge in [0.15, 0.2) is 0 Å². The van der Waals surface area contributed by atoms with E-state index < -0.39 is 0 Å².